The first-order chi connectivity index (χ1) is 12.9. The van der Waals surface area contributed by atoms with Crippen molar-refractivity contribution >= 4 is 27.6 Å². The van der Waals surface area contributed by atoms with E-state index in [4.69, 9.17) is 4.74 Å². The summed E-state index contributed by atoms with van der Waals surface area (Å²) in [5.74, 6) is -1.18. The number of anilines is 1. The Labute approximate surface area is 159 Å². The van der Waals surface area contributed by atoms with Gasteiger partial charge in [0.05, 0.1) is 16.1 Å². The van der Waals surface area contributed by atoms with Crippen LogP contribution < -0.4 is 9.62 Å². The van der Waals surface area contributed by atoms with Gasteiger partial charge in [0, 0.05) is 13.1 Å². The lowest BCUT2D eigenvalue weighted by Crippen LogP contribution is -2.31. The molecule has 0 aromatic heterocycles. The Morgan fingerprint density at radius 3 is 2.37 bits per heavy atom. The van der Waals surface area contributed by atoms with Gasteiger partial charge >= 0.3 is 5.97 Å². The molecule has 2 aromatic carbocycles. The minimum absolute atomic E-state index is 0.0272. The fraction of sp³-hybridized carbons (Fsp3) is 0.263. The molecule has 0 saturated heterocycles. The zero-order valence-corrected chi connectivity index (χ0v) is 16.0. The molecule has 0 saturated carbocycles. The van der Waals surface area contributed by atoms with E-state index in [-0.39, 0.29) is 17.0 Å². The average molecular weight is 390 g/mol. The summed E-state index contributed by atoms with van der Waals surface area (Å²) >= 11 is 0. The topological polar surface area (TPSA) is 92.8 Å². The molecule has 7 nitrogen and oxygen atoms in total. The van der Waals surface area contributed by atoms with Crippen LogP contribution in [0.2, 0.25) is 0 Å². The van der Waals surface area contributed by atoms with E-state index < -0.39 is 28.5 Å². The molecule has 27 heavy (non-hydrogen) atoms. The Kier molecular flexibility index (Phi) is 6.95. The first-order valence-corrected chi connectivity index (χ1v) is 9.95. The van der Waals surface area contributed by atoms with E-state index >= 15 is 0 Å². The number of nitrogens with zero attached hydrogens (tertiary/aromatic N) is 1. The van der Waals surface area contributed by atoms with Crippen LogP contribution in [-0.4, -0.2) is 40.0 Å². The molecule has 0 bridgehead atoms. The highest BCUT2D eigenvalue weighted by Crippen LogP contribution is 2.24. The molecule has 0 aliphatic carbocycles. The Hall–Kier alpha value is -2.87. The fourth-order valence-corrected chi connectivity index (χ4v) is 3.98. The third-order valence-electron chi connectivity index (χ3n) is 3.70. The second-order valence-corrected chi connectivity index (χ2v) is 7.43. The Balaban J connectivity index is 2.25. The number of carbonyl (C=O) groups excluding carboxylic acids is 2. The number of carbonyl (C=O) groups is 2. The maximum Gasteiger partial charge on any atom is 0.338 e. The lowest BCUT2D eigenvalue weighted by atomic mass is 10.2. The summed E-state index contributed by atoms with van der Waals surface area (Å²) in [4.78, 5) is 23.5. The molecule has 2 aromatic rings. The van der Waals surface area contributed by atoms with E-state index in [2.05, 4.69) is 5.32 Å². The van der Waals surface area contributed by atoms with Gasteiger partial charge in [-0.05, 0) is 44.2 Å². The van der Waals surface area contributed by atoms with E-state index in [1.165, 1.54) is 28.6 Å². The van der Waals surface area contributed by atoms with Crippen LogP contribution in [0, 0.1) is 0 Å². The molecule has 0 unspecified atom stereocenters. The molecule has 0 aliphatic rings. The van der Waals surface area contributed by atoms with Crippen LogP contribution >= 0.6 is 0 Å². The number of ether oxygens (including phenoxy) is 1. The third kappa shape index (κ3) is 5.07. The van der Waals surface area contributed by atoms with Crippen LogP contribution in [0.1, 0.15) is 24.2 Å². The van der Waals surface area contributed by atoms with Crippen molar-refractivity contribution in [3.05, 3.63) is 60.2 Å². The normalized spacial score (nSPS) is 10.9. The maximum absolute atomic E-state index is 13.0. The predicted octanol–water partition coefficient (Wildman–Crippen LogP) is 2.19. The molecule has 0 spiro atoms. The molecule has 1 N–H and O–H groups in total. The van der Waals surface area contributed by atoms with E-state index in [1.807, 2.05) is 0 Å². The van der Waals surface area contributed by atoms with Crippen molar-refractivity contribution in [2.45, 2.75) is 18.7 Å². The Bertz CT molecular complexity index is 897. The monoisotopic (exact) mass is 390 g/mol. The highest BCUT2D eigenvalue weighted by atomic mass is 32.2. The standard InChI is InChI=1S/C19H22N2O5S/c1-3-20-18(22)14-26-19(23)15-9-8-12-17(13-15)27(24,25)21(4-2)16-10-6-5-7-11-16/h5-13H,3-4,14H2,1-2H3,(H,20,22). The van der Waals surface area contributed by atoms with Crippen molar-refractivity contribution in [3.8, 4) is 0 Å². The van der Waals surface area contributed by atoms with Crippen LogP contribution in [0.15, 0.2) is 59.5 Å². The number of nitrogens with one attached hydrogen (secondary N) is 1. The zero-order chi connectivity index (χ0) is 19.9. The van der Waals surface area contributed by atoms with Gasteiger partial charge in [-0.1, -0.05) is 24.3 Å². The summed E-state index contributed by atoms with van der Waals surface area (Å²) in [5.41, 5.74) is 0.591. The summed E-state index contributed by atoms with van der Waals surface area (Å²) in [6.45, 7) is 3.72. The lowest BCUT2D eigenvalue weighted by Gasteiger charge is -2.23. The maximum atomic E-state index is 13.0. The molecule has 0 aliphatic heterocycles. The molecule has 144 valence electrons. The molecular weight excluding hydrogens is 368 g/mol. The zero-order valence-electron chi connectivity index (χ0n) is 15.2. The van der Waals surface area contributed by atoms with Gasteiger partial charge in [-0.15, -0.1) is 0 Å². The summed E-state index contributed by atoms with van der Waals surface area (Å²) in [6.07, 6.45) is 0. The Morgan fingerprint density at radius 2 is 1.74 bits per heavy atom. The molecule has 0 atom stereocenters. The van der Waals surface area contributed by atoms with Crippen LogP contribution in [0.4, 0.5) is 5.69 Å². The number of benzene rings is 2. The number of hydrogen-bond donors (Lipinski definition) is 1. The van der Waals surface area contributed by atoms with Crippen molar-refractivity contribution in [2.24, 2.45) is 0 Å². The average Bonchev–Trinajstić information content (AvgIpc) is 2.67. The quantitative estimate of drug-likeness (QED) is 0.698. The molecule has 0 radical (unpaired) electrons. The number of esters is 1. The fourth-order valence-electron chi connectivity index (χ4n) is 2.46. The Morgan fingerprint density at radius 1 is 1.04 bits per heavy atom. The van der Waals surface area contributed by atoms with Gasteiger partial charge in [-0.25, -0.2) is 13.2 Å². The number of rotatable bonds is 8. The van der Waals surface area contributed by atoms with Gasteiger partial charge in [0.25, 0.3) is 15.9 Å². The van der Waals surface area contributed by atoms with Crippen LogP contribution in [0.3, 0.4) is 0 Å². The minimum Gasteiger partial charge on any atom is -0.452 e. The second kappa shape index (κ2) is 9.18. The highest BCUT2D eigenvalue weighted by molar-refractivity contribution is 7.92. The van der Waals surface area contributed by atoms with Gasteiger partial charge in [0.1, 0.15) is 0 Å². The van der Waals surface area contributed by atoms with Gasteiger partial charge < -0.3 is 10.1 Å². The van der Waals surface area contributed by atoms with Crippen LogP contribution in [0.25, 0.3) is 0 Å². The number of para-hydroxylation sites is 1. The van der Waals surface area contributed by atoms with Crippen molar-refractivity contribution in [3.63, 3.8) is 0 Å². The van der Waals surface area contributed by atoms with Gasteiger partial charge in [0.15, 0.2) is 6.61 Å². The third-order valence-corrected chi connectivity index (χ3v) is 5.60. The number of sulfonamides is 1. The molecule has 8 heteroatoms. The largest absolute Gasteiger partial charge is 0.452 e. The SMILES string of the molecule is CCNC(=O)COC(=O)c1cccc(S(=O)(=O)N(CC)c2ccccc2)c1. The smallest absolute Gasteiger partial charge is 0.338 e. The highest BCUT2D eigenvalue weighted by Gasteiger charge is 2.24. The number of hydrogen-bond acceptors (Lipinski definition) is 5. The van der Waals surface area contributed by atoms with Gasteiger partial charge in [-0.2, -0.15) is 0 Å². The van der Waals surface area contributed by atoms with E-state index in [1.54, 1.807) is 44.2 Å². The van der Waals surface area contributed by atoms with Crippen molar-refractivity contribution in [2.75, 3.05) is 24.0 Å². The van der Waals surface area contributed by atoms with Gasteiger partial charge in [0.2, 0.25) is 0 Å². The molecule has 2 rings (SSSR count). The van der Waals surface area contributed by atoms with E-state index in [0.717, 1.165) is 0 Å². The number of likely N-dealkylation sites (N-methyl/N-ethyl adjacent to an activating group) is 1. The minimum atomic E-state index is -3.85. The predicted molar refractivity (Wildman–Crippen MR) is 102 cm³/mol. The second-order valence-electron chi connectivity index (χ2n) is 5.56. The summed E-state index contributed by atoms with van der Waals surface area (Å²) in [6, 6.07) is 14.3. The van der Waals surface area contributed by atoms with Gasteiger partial charge in [-0.3, -0.25) is 9.10 Å². The lowest BCUT2D eigenvalue weighted by molar-refractivity contribution is -0.124. The van der Waals surface area contributed by atoms with E-state index in [0.29, 0.717) is 12.2 Å². The first-order valence-electron chi connectivity index (χ1n) is 8.51. The summed E-state index contributed by atoms with van der Waals surface area (Å²) in [5, 5.41) is 2.51. The summed E-state index contributed by atoms with van der Waals surface area (Å²) < 4.78 is 32.2. The van der Waals surface area contributed by atoms with E-state index in [9.17, 15) is 18.0 Å². The first kappa shape index (κ1) is 20.4. The molecule has 1 amide bonds. The van der Waals surface area contributed by atoms with Crippen molar-refractivity contribution in [1.82, 2.24) is 5.32 Å². The van der Waals surface area contributed by atoms with Crippen LogP contribution in [-0.2, 0) is 19.6 Å². The van der Waals surface area contributed by atoms with Crippen molar-refractivity contribution < 1.29 is 22.7 Å². The van der Waals surface area contributed by atoms with Crippen molar-refractivity contribution in [1.29, 1.82) is 0 Å². The number of amides is 1. The summed E-state index contributed by atoms with van der Waals surface area (Å²) in [7, 11) is -3.85. The van der Waals surface area contributed by atoms with Crippen LogP contribution in [0.5, 0.6) is 0 Å². The molecule has 0 fully saturated rings. The molecule has 0 heterocycles. The molecular formula is C19H22N2O5S.